The molecule has 2 fully saturated rings. The molecule has 1 aromatic rings. The predicted molar refractivity (Wildman–Crippen MR) is 143 cm³/mol. The van der Waals surface area contributed by atoms with Gasteiger partial charge in [-0.05, 0) is 58.2 Å². The van der Waals surface area contributed by atoms with Crippen molar-refractivity contribution in [3.8, 4) is 5.75 Å². The number of amides is 2. The van der Waals surface area contributed by atoms with E-state index in [1.54, 1.807) is 0 Å². The summed E-state index contributed by atoms with van der Waals surface area (Å²) in [6.45, 7) is 0.563. The summed E-state index contributed by atoms with van der Waals surface area (Å²) in [5, 5.41) is 50.2. The van der Waals surface area contributed by atoms with Crippen LogP contribution in [0.15, 0.2) is 23.0 Å². The number of benzene rings is 1. The lowest BCUT2D eigenvalue weighted by molar-refractivity contribution is -0.153. The van der Waals surface area contributed by atoms with E-state index >= 15 is 4.39 Å². The van der Waals surface area contributed by atoms with Crippen molar-refractivity contribution >= 4 is 34.8 Å². The Hall–Kier alpha value is -3.81. The van der Waals surface area contributed by atoms with Crippen LogP contribution < -0.4 is 16.4 Å². The molecule has 0 spiro atoms. The number of phenols is 1. The summed E-state index contributed by atoms with van der Waals surface area (Å²) in [6, 6.07) is -0.307. The van der Waals surface area contributed by atoms with Crippen LogP contribution in [0.25, 0.3) is 5.76 Å². The molecule has 220 valence electrons. The summed E-state index contributed by atoms with van der Waals surface area (Å²) in [7, 11) is 2.98. The molecule has 0 aromatic heterocycles. The monoisotopic (exact) mass is 572 g/mol. The van der Waals surface area contributed by atoms with Crippen molar-refractivity contribution in [2.75, 3.05) is 32.5 Å². The van der Waals surface area contributed by atoms with Crippen LogP contribution in [-0.2, 0) is 25.6 Å². The second kappa shape index (κ2) is 10.2. The van der Waals surface area contributed by atoms with Gasteiger partial charge in [-0.25, -0.2) is 4.39 Å². The van der Waals surface area contributed by atoms with Crippen molar-refractivity contribution in [3.63, 3.8) is 0 Å². The zero-order valence-corrected chi connectivity index (χ0v) is 22.7. The number of aromatic hydroxyl groups is 1. The maximum Gasteiger partial charge on any atom is 0.255 e. The molecule has 4 atom stereocenters. The molecule has 0 radical (unpaired) electrons. The van der Waals surface area contributed by atoms with E-state index in [-0.39, 0.29) is 30.6 Å². The molecule has 4 aliphatic carbocycles. The number of phenolic OH excluding ortho intramolecular Hbond substituents is 1. The summed E-state index contributed by atoms with van der Waals surface area (Å²) in [5.74, 6) is -9.20. The first-order chi connectivity index (χ1) is 19.3. The number of anilines is 1. The van der Waals surface area contributed by atoms with E-state index in [1.807, 2.05) is 0 Å². The number of rotatable bonds is 7. The van der Waals surface area contributed by atoms with Gasteiger partial charge in [0.05, 0.1) is 23.8 Å². The van der Waals surface area contributed by atoms with E-state index in [9.17, 15) is 39.6 Å². The van der Waals surface area contributed by atoms with Crippen LogP contribution in [0.5, 0.6) is 5.75 Å². The van der Waals surface area contributed by atoms with Crippen LogP contribution in [0.4, 0.5) is 10.1 Å². The number of hydrogen-bond acceptors (Lipinski definition) is 10. The second-order valence-electron chi connectivity index (χ2n) is 11.5. The number of fused-ring (bicyclic) bond motifs is 3. The number of halogens is 1. The highest BCUT2D eigenvalue weighted by atomic mass is 19.1. The average Bonchev–Trinajstić information content (AvgIpc) is 2.85. The number of likely N-dealkylation sites (N-methyl/N-ethyl adjacent to an activating group) is 1. The van der Waals surface area contributed by atoms with Gasteiger partial charge in [-0.2, -0.15) is 0 Å². The number of aliphatic hydroxyl groups excluding tert-OH is 2. The van der Waals surface area contributed by atoms with Gasteiger partial charge in [0, 0.05) is 23.1 Å². The first kappa shape index (κ1) is 28.7. The third kappa shape index (κ3) is 4.39. The van der Waals surface area contributed by atoms with Gasteiger partial charge >= 0.3 is 0 Å². The van der Waals surface area contributed by atoms with E-state index in [1.165, 1.54) is 19.0 Å². The Morgan fingerprint density at radius 3 is 2.46 bits per heavy atom. The minimum atomic E-state index is -2.80. The van der Waals surface area contributed by atoms with Crippen LogP contribution in [0.3, 0.4) is 0 Å². The van der Waals surface area contributed by atoms with Crippen molar-refractivity contribution < 1.29 is 44.0 Å². The zero-order chi connectivity index (χ0) is 30.0. The van der Waals surface area contributed by atoms with Crippen LogP contribution in [0.2, 0.25) is 0 Å². The third-order valence-corrected chi connectivity index (χ3v) is 8.88. The van der Waals surface area contributed by atoms with Crippen LogP contribution in [0.1, 0.15) is 36.8 Å². The Labute approximate surface area is 234 Å². The molecule has 2 amide bonds. The SMILES string of the molecule is CN(C)[C@@H]1C(=O)C(C(N)=O)=C(O)[C@@]2(O)C(=O)C3=C(O)c4c(O)c(NC(=O)CNCC5CCC5)cc(F)c4C[C@H]3C[C@@H]12. The molecule has 2 saturated carbocycles. The van der Waals surface area contributed by atoms with Crippen molar-refractivity contribution in [1.82, 2.24) is 10.2 Å². The number of aliphatic hydroxyl groups is 3. The van der Waals surface area contributed by atoms with E-state index in [0.29, 0.717) is 12.5 Å². The maximum atomic E-state index is 15.4. The summed E-state index contributed by atoms with van der Waals surface area (Å²) in [4.78, 5) is 52.9. The minimum Gasteiger partial charge on any atom is -0.508 e. The van der Waals surface area contributed by atoms with Crippen molar-refractivity contribution in [1.29, 1.82) is 0 Å². The van der Waals surface area contributed by atoms with Gasteiger partial charge in [0.15, 0.2) is 17.1 Å². The number of nitrogens with one attached hydrogen (secondary N) is 2. The molecular weight excluding hydrogens is 539 g/mol. The topological polar surface area (TPSA) is 203 Å². The van der Waals surface area contributed by atoms with Gasteiger partial charge in [0.2, 0.25) is 11.7 Å². The quantitative estimate of drug-likeness (QED) is 0.177. The number of Topliss-reactive ketones (excluding diaryl/α,β-unsaturated/α-hetero) is 2. The highest BCUT2D eigenvalue weighted by Gasteiger charge is 2.64. The molecule has 5 rings (SSSR count). The molecule has 0 unspecified atom stereocenters. The number of primary amides is 1. The van der Waals surface area contributed by atoms with Crippen molar-refractivity contribution in [3.05, 3.63) is 39.9 Å². The lowest BCUT2D eigenvalue weighted by atomic mass is 9.57. The van der Waals surface area contributed by atoms with Gasteiger partial charge in [0.1, 0.15) is 22.9 Å². The Balaban J connectivity index is 1.53. The number of nitrogens with zero attached hydrogens (tertiary/aromatic N) is 1. The fourth-order valence-electron chi connectivity index (χ4n) is 6.64. The smallest absolute Gasteiger partial charge is 0.255 e. The first-order valence-electron chi connectivity index (χ1n) is 13.5. The number of ketones is 2. The summed E-state index contributed by atoms with van der Waals surface area (Å²) in [5.41, 5.74) is 0.323. The van der Waals surface area contributed by atoms with E-state index < -0.39 is 86.7 Å². The molecule has 1 aromatic carbocycles. The molecule has 41 heavy (non-hydrogen) atoms. The maximum absolute atomic E-state index is 15.4. The first-order valence-corrected chi connectivity index (χ1v) is 13.5. The highest BCUT2D eigenvalue weighted by Crippen LogP contribution is 2.53. The third-order valence-electron chi connectivity index (χ3n) is 8.88. The van der Waals surface area contributed by atoms with Crippen LogP contribution >= 0.6 is 0 Å². The molecule has 13 heteroatoms. The molecule has 0 bridgehead atoms. The van der Waals surface area contributed by atoms with E-state index in [2.05, 4.69) is 10.6 Å². The zero-order valence-electron chi connectivity index (χ0n) is 22.7. The summed E-state index contributed by atoms with van der Waals surface area (Å²) < 4.78 is 15.4. The largest absolute Gasteiger partial charge is 0.508 e. The lowest BCUT2D eigenvalue weighted by Gasteiger charge is -2.50. The number of hydrogen-bond donors (Lipinski definition) is 7. The number of nitrogens with two attached hydrogens (primary N) is 1. The highest BCUT2D eigenvalue weighted by molar-refractivity contribution is 6.24. The molecular formula is C28H33FN4O8. The average molecular weight is 573 g/mol. The Morgan fingerprint density at radius 1 is 1.20 bits per heavy atom. The molecule has 12 nitrogen and oxygen atoms in total. The van der Waals surface area contributed by atoms with Crippen LogP contribution in [-0.4, -0.2) is 87.5 Å². The standard InChI is InChI=1S/C28H33FN4O8/c1-33(2)21-14-7-12-6-13-15(29)8-16(32-17(34)10-31-9-11-4-3-5-11)22(35)19(13)23(36)18(12)25(38)28(14,41)26(39)20(24(21)37)27(30)40/h8,11-12,14,21,31,35-36,39,41H,3-7,9-10H2,1-2H3,(H2,30,40)(H,32,34)/t12-,14-,21-,28-/m0/s1. The molecule has 4 aliphatic rings. The second-order valence-corrected chi connectivity index (χ2v) is 11.5. The van der Waals surface area contributed by atoms with E-state index in [0.717, 1.165) is 25.3 Å². The Kier molecular flexibility index (Phi) is 7.16. The molecule has 0 aliphatic heterocycles. The Bertz CT molecular complexity index is 1430. The van der Waals surface area contributed by atoms with E-state index in [4.69, 9.17) is 5.73 Å². The van der Waals surface area contributed by atoms with Gasteiger partial charge in [-0.15, -0.1) is 0 Å². The molecule has 0 heterocycles. The van der Waals surface area contributed by atoms with Gasteiger partial charge in [0.25, 0.3) is 5.91 Å². The van der Waals surface area contributed by atoms with Crippen molar-refractivity contribution in [2.45, 2.75) is 43.7 Å². The minimum absolute atomic E-state index is 0.0870. The Morgan fingerprint density at radius 2 is 1.88 bits per heavy atom. The lowest BCUT2D eigenvalue weighted by Crippen LogP contribution is -2.65. The van der Waals surface area contributed by atoms with Gasteiger partial charge in [-0.3, -0.25) is 24.1 Å². The van der Waals surface area contributed by atoms with Crippen LogP contribution in [0, 0.1) is 23.6 Å². The fourth-order valence-corrected chi connectivity index (χ4v) is 6.64. The predicted octanol–water partition coefficient (Wildman–Crippen LogP) is 0.431. The summed E-state index contributed by atoms with van der Waals surface area (Å²) >= 11 is 0. The fraction of sp³-hybridized carbons (Fsp3) is 0.500. The summed E-state index contributed by atoms with van der Waals surface area (Å²) in [6.07, 6.45) is 2.97. The molecule has 0 saturated heterocycles. The normalized spacial score (nSPS) is 27.8. The molecule has 8 N–H and O–H groups in total. The van der Waals surface area contributed by atoms with Gasteiger partial charge < -0.3 is 36.8 Å². The van der Waals surface area contributed by atoms with Gasteiger partial charge in [-0.1, -0.05) is 6.42 Å². The van der Waals surface area contributed by atoms with Crippen molar-refractivity contribution in [2.24, 2.45) is 23.5 Å². The number of carbonyl (C=O) groups is 4. The number of carbonyl (C=O) groups excluding carboxylic acids is 4.